The van der Waals surface area contributed by atoms with E-state index in [-0.39, 0.29) is 11.3 Å². The molecule has 1 saturated heterocycles. The van der Waals surface area contributed by atoms with Crippen LogP contribution in [0.2, 0.25) is 0 Å². The lowest BCUT2D eigenvalue weighted by molar-refractivity contribution is -0.133. The summed E-state index contributed by atoms with van der Waals surface area (Å²) in [6.07, 6.45) is 1.04. The van der Waals surface area contributed by atoms with Crippen LogP contribution in [0, 0.1) is 11.3 Å². The summed E-state index contributed by atoms with van der Waals surface area (Å²) in [7, 11) is 0. The third-order valence-corrected chi connectivity index (χ3v) is 4.64. The maximum absolute atomic E-state index is 12.4. The number of amides is 1. The van der Waals surface area contributed by atoms with Gasteiger partial charge in [-0.05, 0) is 30.0 Å². The summed E-state index contributed by atoms with van der Waals surface area (Å²) in [6.45, 7) is 7.78. The maximum Gasteiger partial charge on any atom is 0.226 e. The molecule has 3 rings (SSSR count). The number of piperazine rings is 1. The second-order valence-corrected chi connectivity index (χ2v) is 6.65. The molecule has 1 aliphatic heterocycles. The number of rotatable bonds is 2. The summed E-state index contributed by atoms with van der Waals surface area (Å²) in [5, 5.41) is 0. The average Bonchev–Trinajstić information content (AvgIpc) is 3.07. The zero-order valence-electron chi connectivity index (χ0n) is 12.3. The number of carbonyl (C=O) groups is 1. The molecule has 1 unspecified atom stereocenters. The normalized spacial score (nSPS) is 24.6. The van der Waals surface area contributed by atoms with Gasteiger partial charge in [0.15, 0.2) is 0 Å². The van der Waals surface area contributed by atoms with Crippen molar-refractivity contribution in [2.45, 2.75) is 20.3 Å². The van der Waals surface area contributed by atoms with E-state index in [1.54, 1.807) is 0 Å². The molecule has 2 fully saturated rings. The first kappa shape index (κ1) is 13.3. The Morgan fingerprint density at radius 1 is 1.25 bits per heavy atom. The Bertz CT molecular complexity index is 518. The number of nitrogens with zero attached hydrogens (tertiary/aromatic N) is 2. The van der Waals surface area contributed by atoms with Gasteiger partial charge in [0.2, 0.25) is 5.91 Å². The Balaban J connectivity index is 1.59. The number of nitrogen functional groups attached to an aromatic ring is 1. The second-order valence-electron chi connectivity index (χ2n) is 6.65. The first-order chi connectivity index (χ1) is 9.47. The van der Waals surface area contributed by atoms with Gasteiger partial charge in [-0.3, -0.25) is 4.79 Å². The first-order valence-electron chi connectivity index (χ1n) is 7.37. The van der Waals surface area contributed by atoms with Crippen LogP contribution in [0.15, 0.2) is 24.3 Å². The topological polar surface area (TPSA) is 49.6 Å². The second kappa shape index (κ2) is 4.69. The molecule has 0 radical (unpaired) electrons. The molecule has 1 heterocycles. The van der Waals surface area contributed by atoms with Crippen LogP contribution in [-0.4, -0.2) is 37.0 Å². The van der Waals surface area contributed by atoms with Gasteiger partial charge in [-0.25, -0.2) is 0 Å². The minimum atomic E-state index is 0.224. The summed E-state index contributed by atoms with van der Waals surface area (Å²) in [4.78, 5) is 16.7. The molecule has 108 valence electrons. The smallest absolute Gasteiger partial charge is 0.226 e. The van der Waals surface area contributed by atoms with Crippen LogP contribution in [-0.2, 0) is 4.79 Å². The van der Waals surface area contributed by atoms with Crippen LogP contribution in [0.5, 0.6) is 0 Å². The molecule has 1 aromatic carbocycles. The lowest BCUT2D eigenvalue weighted by Gasteiger charge is -2.36. The summed E-state index contributed by atoms with van der Waals surface area (Å²) >= 11 is 0. The van der Waals surface area contributed by atoms with Crippen molar-refractivity contribution in [3.8, 4) is 0 Å². The van der Waals surface area contributed by atoms with Gasteiger partial charge in [0.1, 0.15) is 0 Å². The van der Waals surface area contributed by atoms with Crippen molar-refractivity contribution in [3.05, 3.63) is 24.3 Å². The fourth-order valence-corrected chi connectivity index (χ4v) is 3.02. The van der Waals surface area contributed by atoms with E-state index in [1.165, 1.54) is 0 Å². The fraction of sp³-hybridized carbons (Fsp3) is 0.562. The van der Waals surface area contributed by atoms with Gasteiger partial charge >= 0.3 is 0 Å². The van der Waals surface area contributed by atoms with E-state index in [1.807, 2.05) is 23.1 Å². The van der Waals surface area contributed by atoms with Crippen LogP contribution in [0.1, 0.15) is 20.3 Å². The van der Waals surface area contributed by atoms with E-state index in [0.717, 1.165) is 44.0 Å². The Morgan fingerprint density at radius 3 is 2.45 bits per heavy atom. The SMILES string of the molecule is CC1(C)CC1C(=O)N1CCN(c2cccc(N)c2)CC1. The van der Waals surface area contributed by atoms with Crippen molar-refractivity contribution in [3.63, 3.8) is 0 Å². The Labute approximate surface area is 120 Å². The molecule has 2 N–H and O–H groups in total. The van der Waals surface area contributed by atoms with Crippen molar-refractivity contribution in [2.24, 2.45) is 11.3 Å². The lowest BCUT2D eigenvalue weighted by atomic mass is 10.1. The number of nitrogens with two attached hydrogens (primary N) is 1. The molecule has 2 aliphatic rings. The predicted octanol–water partition coefficient (Wildman–Crippen LogP) is 1.96. The highest BCUT2D eigenvalue weighted by atomic mass is 16.2. The molecule has 1 atom stereocenters. The van der Waals surface area contributed by atoms with E-state index in [4.69, 9.17) is 5.73 Å². The molecule has 0 bridgehead atoms. The first-order valence-corrected chi connectivity index (χ1v) is 7.37. The molecule has 0 spiro atoms. The Morgan fingerprint density at radius 2 is 1.90 bits per heavy atom. The van der Waals surface area contributed by atoms with Gasteiger partial charge in [-0.2, -0.15) is 0 Å². The van der Waals surface area contributed by atoms with Crippen LogP contribution in [0.3, 0.4) is 0 Å². The average molecular weight is 273 g/mol. The molecular formula is C16H23N3O. The highest BCUT2D eigenvalue weighted by molar-refractivity contribution is 5.82. The van der Waals surface area contributed by atoms with Gasteiger partial charge in [0.25, 0.3) is 0 Å². The third-order valence-electron chi connectivity index (χ3n) is 4.64. The van der Waals surface area contributed by atoms with Crippen LogP contribution in [0.25, 0.3) is 0 Å². The Hall–Kier alpha value is -1.71. The summed E-state index contributed by atoms with van der Waals surface area (Å²) in [5.74, 6) is 0.601. The van der Waals surface area contributed by atoms with Crippen molar-refractivity contribution in [1.29, 1.82) is 0 Å². The number of hydrogen-bond donors (Lipinski definition) is 1. The molecule has 4 nitrogen and oxygen atoms in total. The molecule has 0 aromatic heterocycles. The maximum atomic E-state index is 12.4. The van der Waals surface area contributed by atoms with Crippen molar-refractivity contribution in [2.75, 3.05) is 36.8 Å². The molecule has 1 aromatic rings. The number of anilines is 2. The number of carbonyl (C=O) groups excluding carboxylic acids is 1. The van der Waals surface area contributed by atoms with E-state index in [9.17, 15) is 4.79 Å². The summed E-state index contributed by atoms with van der Waals surface area (Å²) in [5.41, 5.74) is 8.00. The number of hydrogen-bond acceptors (Lipinski definition) is 3. The van der Waals surface area contributed by atoms with Crippen LogP contribution < -0.4 is 10.6 Å². The molecule has 1 saturated carbocycles. The van der Waals surface area contributed by atoms with Crippen molar-refractivity contribution >= 4 is 17.3 Å². The van der Waals surface area contributed by atoms with Gasteiger partial charge in [-0.1, -0.05) is 19.9 Å². The van der Waals surface area contributed by atoms with E-state index in [0.29, 0.717) is 5.91 Å². The minimum absolute atomic E-state index is 0.224. The van der Waals surface area contributed by atoms with Crippen molar-refractivity contribution in [1.82, 2.24) is 4.90 Å². The fourth-order valence-electron chi connectivity index (χ4n) is 3.02. The molecule has 4 heteroatoms. The number of benzene rings is 1. The predicted molar refractivity (Wildman–Crippen MR) is 81.5 cm³/mol. The van der Waals surface area contributed by atoms with E-state index in [2.05, 4.69) is 24.8 Å². The van der Waals surface area contributed by atoms with Gasteiger partial charge in [0, 0.05) is 43.5 Å². The molecule has 1 aliphatic carbocycles. The van der Waals surface area contributed by atoms with Crippen LogP contribution in [0.4, 0.5) is 11.4 Å². The van der Waals surface area contributed by atoms with Crippen molar-refractivity contribution < 1.29 is 4.79 Å². The van der Waals surface area contributed by atoms with E-state index < -0.39 is 0 Å². The largest absolute Gasteiger partial charge is 0.399 e. The summed E-state index contributed by atoms with van der Waals surface area (Å²) in [6, 6.07) is 7.96. The summed E-state index contributed by atoms with van der Waals surface area (Å²) < 4.78 is 0. The van der Waals surface area contributed by atoms with Gasteiger partial charge < -0.3 is 15.5 Å². The highest BCUT2D eigenvalue weighted by Gasteiger charge is 2.52. The minimum Gasteiger partial charge on any atom is -0.399 e. The molecule has 20 heavy (non-hydrogen) atoms. The third kappa shape index (κ3) is 2.47. The van der Waals surface area contributed by atoms with Gasteiger partial charge in [-0.15, -0.1) is 0 Å². The highest BCUT2D eigenvalue weighted by Crippen LogP contribution is 2.52. The standard InChI is InChI=1S/C16H23N3O/c1-16(2)11-14(16)15(20)19-8-6-18(7-9-19)13-5-3-4-12(17)10-13/h3-5,10,14H,6-9,11,17H2,1-2H3. The van der Waals surface area contributed by atoms with Crippen LogP contribution >= 0.6 is 0 Å². The van der Waals surface area contributed by atoms with Gasteiger partial charge in [0.05, 0.1) is 0 Å². The zero-order valence-corrected chi connectivity index (χ0v) is 12.3. The zero-order chi connectivity index (χ0) is 14.3. The monoisotopic (exact) mass is 273 g/mol. The lowest BCUT2D eigenvalue weighted by Crippen LogP contribution is -2.49. The van der Waals surface area contributed by atoms with E-state index >= 15 is 0 Å². The quantitative estimate of drug-likeness (QED) is 0.838. The Kier molecular flexibility index (Phi) is 3.11. The molecule has 1 amide bonds. The molecular weight excluding hydrogens is 250 g/mol.